The average molecular weight is 376 g/mol. The van der Waals surface area contributed by atoms with Gasteiger partial charge in [0.25, 0.3) is 0 Å². The first-order valence-electron chi connectivity index (χ1n) is 8.51. The summed E-state index contributed by atoms with van der Waals surface area (Å²) in [5, 5.41) is 4.94. The number of likely N-dealkylation sites (N-methyl/N-ethyl adjacent to an activating group) is 1. The van der Waals surface area contributed by atoms with Crippen molar-refractivity contribution in [1.29, 1.82) is 0 Å². The van der Waals surface area contributed by atoms with Gasteiger partial charge in [-0.25, -0.2) is 18.4 Å². The van der Waals surface area contributed by atoms with Gasteiger partial charge in [-0.1, -0.05) is 0 Å². The Balaban J connectivity index is 1.79. The third-order valence-electron chi connectivity index (χ3n) is 4.71. The number of hydrogen-bond donors (Lipinski definition) is 1. The molecule has 2 heterocycles. The van der Waals surface area contributed by atoms with Crippen LogP contribution in [0.2, 0.25) is 0 Å². The number of primary sulfonamides is 1. The maximum Gasteiger partial charge on any atom is 0.410 e. The van der Waals surface area contributed by atoms with Gasteiger partial charge in [-0.15, -0.1) is 0 Å². The molecule has 0 aromatic rings. The molecular weight excluding hydrogens is 348 g/mol. The molecule has 0 saturated carbocycles. The summed E-state index contributed by atoms with van der Waals surface area (Å²) in [6.07, 6.45) is 1.33. The second-order valence-electron chi connectivity index (χ2n) is 7.13. The molecular formula is C15H28N4O5S. The zero-order valence-electron chi connectivity index (χ0n) is 14.9. The van der Waals surface area contributed by atoms with E-state index in [1.807, 2.05) is 19.0 Å². The van der Waals surface area contributed by atoms with E-state index in [1.54, 1.807) is 9.80 Å². The van der Waals surface area contributed by atoms with E-state index in [9.17, 15) is 18.0 Å². The Morgan fingerprint density at radius 1 is 1.32 bits per heavy atom. The lowest BCUT2D eigenvalue weighted by atomic mass is 9.91. The van der Waals surface area contributed by atoms with Crippen molar-refractivity contribution < 1.29 is 22.7 Å². The maximum absolute atomic E-state index is 12.2. The van der Waals surface area contributed by atoms with Crippen LogP contribution >= 0.6 is 0 Å². The molecule has 9 nitrogen and oxygen atoms in total. The molecule has 0 aromatic carbocycles. The van der Waals surface area contributed by atoms with Gasteiger partial charge >= 0.3 is 6.09 Å². The van der Waals surface area contributed by atoms with E-state index in [-0.39, 0.29) is 30.6 Å². The van der Waals surface area contributed by atoms with Gasteiger partial charge in [0.1, 0.15) is 5.60 Å². The van der Waals surface area contributed by atoms with Crippen molar-refractivity contribution >= 4 is 22.0 Å². The standard InChI is InChI=1S/C15H28N4O5S/c1-17(2)9-10-19-12-15(24-14(19)21)5-7-18(8-6-15)13(20)4-3-11-25(16,22)23/h3-12H2,1-2H3,(H2,16,22,23). The third-order valence-corrected chi connectivity index (χ3v) is 5.56. The number of nitrogens with two attached hydrogens (primary N) is 1. The first kappa shape index (κ1) is 19.9. The van der Waals surface area contributed by atoms with Gasteiger partial charge in [0.15, 0.2) is 0 Å². The van der Waals surface area contributed by atoms with Crippen LogP contribution in [0.4, 0.5) is 4.79 Å². The molecule has 0 atom stereocenters. The van der Waals surface area contributed by atoms with E-state index >= 15 is 0 Å². The summed E-state index contributed by atoms with van der Waals surface area (Å²) in [5.41, 5.74) is -0.499. The molecule has 2 N–H and O–H groups in total. The highest BCUT2D eigenvalue weighted by Gasteiger charge is 2.47. The summed E-state index contributed by atoms with van der Waals surface area (Å²) in [7, 11) is 0.381. The molecule has 144 valence electrons. The van der Waals surface area contributed by atoms with Crippen molar-refractivity contribution in [1.82, 2.24) is 14.7 Å². The van der Waals surface area contributed by atoms with E-state index in [1.165, 1.54) is 0 Å². The maximum atomic E-state index is 12.2. The molecule has 0 bridgehead atoms. The highest BCUT2D eigenvalue weighted by Crippen LogP contribution is 2.33. The monoisotopic (exact) mass is 376 g/mol. The van der Waals surface area contributed by atoms with Crippen molar-refractivity contribution in [3.05, 3.63) is 0 Å². The van der Waals surface area contributed by atoms with Crippen molar-refractivity contribution in [3.63, 3.8) is 0 Å². The van der Waals surface area contributed by atoms with Gasteiger partial charge < -0.3 is 19.4 Å². The van der Waals surface area contributed by atoms with Crippen LogP contribution in [0, 0.1) is 0 Å². The highest BCUT2D eigenvalue weighted by molar-refractivity contribution is 7.89. The number of amides is 2. The number of rotatable bonds is 7. The Kier molecular flexibility index (Phi) is 6.28. The summed E-state index contributed by atoms with van der Waals surface area (Å²) in [6, 6.07) is 0. The topological polar surface area (TPSA) is 113 Å². The van der Waals surface area contributed by atoms with Crippen LogP contribution in [0.1, 0.15) is 25.7 Å². The predicted octanol–water partition coefficient (Wildman–Crippen LogP) is -0.570. The van der Waals surface area contributed by atoms with Gasteiger partial charge in [0, 0.05) is 45.4 Å². The average Bonchev–Trinajstić information content (AvgIpc) is 2.80. The Labute approximate surface area is 149 Å². The number of carbonyl (C=O) groups is 2. The molecule has 1 spiro atoms. The van der Waals surface area contributed by atoms with Gasteiger partial charge in [-0.3, -0.25) is 4.79 Å². The molecule has 2 aliphatic heterocycles. The molecule has 0 unspecified atom stereocenters. The number of ether oxygens (including phenoxy) is 1. The highest BCUT2D eigenvalue weighted by atomic mass is 32.2. The Morgan fingerprint density at radius 2 is 1.96 bits per heavy atom. The number of hydrogen-bond acceptors (Lipinski definition) is 6. The van der Waals surface area contributed by atoms with Crippen molar-refractivity contribution in [3.8, 4) is 0 Å². The largest absolute Gasteiger partial charge is 0.441 e. The first-order valence-corrected chi connectivity index (χ1v) is 10.2. The van der Waals surface area contributed by atoms with Crippen LogP contribution < -0.4 is 5.14 Å². The molecule has 0 aliphatic carbocycles. The minimum atomic E-state index is -3.53. The van der Waals surface area contributed by atoms with Crippen LogP contribution in [0.3, 0.4) is 0 Å². The lowest BCUT2D eigenvalue weighted by Gasteiger charge is -2.37. The Morgan fingerprint density at radius 3 is 2.52 bits per heavy atom. The minimum Gasteiger partial charge on any atom is -0.441 e. The number of piperidine rings is 1. The molecule has 2 saturated heterocycles. The molecule has 0 radical (unpaired) electrons. The fourth-order valence-corrected chi connectivity index (χ4v) is 3.74. The lowest BCUT2D eigenvalue weighted by Crippen LogP contribution is -2.49. The van der Waals surface area contributed by atoms with Gasteiger partial charge in [0.05, 0.1) is 12.3 Å². The second-order valence-corrected chi connectivity index (χ2v) is 8.86. The molecule has 0 aromatic heterocycles. The van der Waals surface area contributed by atoms with Crippen LogP contribution in [0.15, 0.2) is 0 Å². The quantitative estimate of drug-likeness (QED) is 0.637. The summed E-state index contributed by atoms with van der Waals surface area (Å²) >= 11 is 0. The van der Waals surface area contributed by atoms with E-state index in [0.717, 1.165) is 6.54 Å². The molecule has 2 fully saturated rings. The smallest absolute Gasteiger partial charge is 0.410 e. The van der Waals surface area contributed by atoms with Crippen LogP contribution in [0.25, 0.3) is 0 Å². The SMILES string of the molecule is CN(C)CCN1CC2(CCN(C(=O)CCCS(N)(=O)=O)CC2)OC1=O. The number of nitrogens with zero attached hydrogens (tertiary/aromatic N) is 3. The van der Waals surface area contributed by atoms with Crippen LogP contribution in [0.5, 0.6) is 0 Å². The molecule has 10 heteroatoms. The van der Waals surface area contributed by atoms with Crippen LogP contribution in [-0.2, 0) is 19.6 Å². The third kappa shape index (κ3) is 5.82. The van der Waals surface area contributed by atoms with Crippen molar-refractivity contribution in [2.45, 2.75) is 31.3 Å². The molecule has 2 aliphatic rings. The summed E-state index contributed by atoms with van der Waals surface area (Å²) in [6.45, 7) is 3.00. The molecule has 2 rings (SSSR count). The minimum absolute atomic E-state index is 0.0766. The fraction of sp³-hybridized carbons (Fsp3) is 0.867. The van der Waals surface area contributed by atoms with E-state index in [0.29, 0.717) is 39.0 Å². The lowest BCUT2D eigenvalue weighted by molar-refractivity contribution is -0.134. The second kappa shape index (κ2) is 7.88. The number of carbonyl (C=O) groups excluding carboxylic acids is 2. The van der Waals surface area contributed by atoms with E-state index in [4.69, 9.17) is 9.88 Å². The van der Waals surface area contributed by atoms with Gasteiger partial charge in [-0.05, 0) is 20.5 Å². The normalized spacial score (nSPS) is 20.4. The fourth-order valence-electron chi connectivity index (χ4n) is 3.19. The molecule has 25 heavy (non-hydrogen) atoms. The van der Waals surface area contributed by atoms with Crippen LogP contribution in [-0.4, -0.2) is 93.3 Å². The number of sulfonamides is 1. The van der Waals surface area contributed by atoms with Gasteiger partial charge in [-0.2, -0.15) is 0 Å². The summed E-state index contributed by atoms with van der Waals surface area (Å²) in [5.74, 6) is -0.262. The summed E-state index contributed by atoms with van der Waals surface area (Å²) < 4.78 is 27.4. The predicted molar refractivity (Wildman–Crippen MR) is 92.4 cm³/mol. The first-order chi connectivity index (χ1) is 11.6. The summed E-state index contributed by atoms with van der Waals surface area (Å²) in [4.78, 5) is 29.7. The number of likely N-dealkylation sites (tertiary alicyclic amines) is 1. The Hall–Kier alpha value is -1.39. The zero-order valence-corrected chi connectivity index (χ0v) is 15.8. The van der Waals surface area contributed by atoms with Gasteiger partial charge in [0.2, 0.25) is 15.9 Å². The Bertz CT molecular complexity index is 599. The van der Waals surface area contributed by atoms with E-state index in [2.05, 4.69) is 0 Å². The zero-order chi connectivity index (χ0) is 18.7. The van der Waals surface area contributed by atoms with Crippen molar-refractivity contribution in [2.24, 2.45) is 5.14 Å². The molecule has 2 amide bonds. The van der Waals surface area contributed by atoms with Crippen molar-refractivity contribution in [2.75, 3.05) is 52.6 Å². The van der Waals surface area contributed by atoms with E-state index < -0.39 is 15.6 Å².